The van der Waals surface area contributed by atoms with E-state index in [9.17, 15) is 8.42 Å². The lowest BCUT2D eigenvalue weighted by molar-refractivity contribution is 0.339. The van der Waals surface area contributed by atoms with Gasteiger partial charge in [0.05, 0.1) is 11.6 Å². The van der Waals surface area contributed by atoms with Crippen molar-refractivity contribution in [1.82, 2.24) is 15.2 Å². The molecule has 6 heteroatoms. The van der Waals surface area contributed by atoms with Crippen LogP contribution in [0.5, 0.6) is 0 Å². The molecule has 2 rings (SSSR count). The second kappa shape index (κ2) is 7.95. The van der Waals surface area contributed by atoms with Crippen molar-refractivity contribution in [2.45, 2.75) is 25.5 Å². The first-order chi connectivity index (χ1) is 10.9. The van der Waals surface area contributed by atoms with Crippen LogP contribution in [0.1, 0.15) is 24.5 Å². The summed E-state index contributed by atoms with van der Waals surface area (Å²) >= 11 is 0. The van der Waals surface area contributed by atoms with Crippen LogP contribution in [0.3, 0.4) is 0 Å². The van der Waals surface area contributed by atoms with Gasteiger partial charge in [-0.15, -0.1) is 0 Å². The minimum atomic E-state index is -3.11. The van der Waals surface area contributed by atoms with Gasteiger partial charge in [-0.1, -0.05) is 13.0 Å². The maximum absolute atomic E-state index is 12.0. The summed E-state index contributed by atoms with van der Waals surface area (Å²) in [7, 11) is 0.672. The zero-order valence-corrected chi connectivity index (χ0v) is 15.0. The standard InChI is InChI=1S/C17H27N3O2S/c1-4-8-20(3)9-7-15-11-19-17-6-5-14(10-16(15)17)12-23(21,22)13-18-2/h5-6,10-11,18-19H,4,7-9,12-13H2,1-3H3. The third-order valence-corrected chi connectivity index (χ3v) is 5.45. The Balaban J connectivity index is 2.16. The summed E-state index contributed by atoms with van der Waals surface area (Å²) in [5.74, 6) is 0.0803. The molecule has 2 aromatic rings. The number of hydrogen-bond acceptors (Lipinski definition) is 4. The Bertz CT molecular complexity index is 737. The number of aromatic nitrogens is 1. The van der Waals surface area contributed by atoms with E-state index in [4.69, 9.17) is 0 Å². The summed E-state index contributed by atoms with van der Waals surface area (Å²) in [6, 6.07) is 5.87. The highest BCUT2D eigenvalue weighted by molar-refractivity contribution is 7.90. The van der Waals surface area contributed by atoms with E-state index >= 15 is 0 Å². The Kier molecular flexibility index (Phi) is 6.21. The van der Waals surface area contributed by atoms with Crippen LogP contribution in [-0.4, -0.2) is 51.4 Å². The van der Waals surface area contributed by atoms with E-state index in [0.717, 1.165) is 42.4 Å². The molecular formula is C17H27N3O2S. The van der Waals surface area contributed by atoms with E-state index in [0.29, 0.717) is 0 Å². The summed E-state index contributed by atoms with van der Waals surface area (Å²) in [6.07, 6.45) is 4.15. The van der Waals surface area contributed by atoms with Crippen LogP contribution in [0, 0.1) is 0 Å². The van der Waals surface area contributed by atoms with E-state index in [1.54, 1.807) is 7.05 Å². The lowest BCUT2D eigenvalue weighted by Crippen LogP contribution is -2.21. The van der Waals surface area contributed by atoms with Crippen molar-refractivity contribution < 1.29 is 8.42 Å². The molecule has 0 unspecified atom stereocenters. The molecule has 1 aromatic heterocycles. The van der Waals surface area contributed by atoms with E-state index in [2.05, 4.69) is 29.2 Å². The molecule has 0 aliphatic rings. The molecule has 0 bridgehead atoms. The van der Waals surface area contributed by atoms with Gasteiger partial charge in [0, 0.05) is 23.6 Å². The van der Waals surface area contributed by atoms with Gasteiger partial charge in [-0.05, 0) is 56.7 Å². The molecule has 0 amide bonds. The van der Waals surface area contributed by atoms with E-state index in [1.165, 1.54) is 5.56 Å². The molecule has 23 heavy (non-hydrogen) atoms. The van der Waals surface area contributed by atoms with E-state index in [-0.39, 0.29) is 11.6 Å². The molecule has 0 saturated carbocycles. The van der Waals surface area contributed by atoms with Crippen molar-refractivity contribution in [3.63, 3.8) is 0 Å². The van der Waals surface area contributed by atoms with Gasteiger partial charge in [0.15, 0.2) is 9.84 Å². The fourth-order valence-corrected chi connectivity index (χ4v) is 4.08. The summed E-state index contributed by atoms with van der Waals surface area (Å²) in [4.78, 5) is 5.60. The molecule has 1 aromatic carbocycles. The molecule has 5 nitrogen and oxygen atoms in total. The van der Waals surface area contributed by atoms with Crippen LogP contribution in [0.15, 0.2) is 24.4 Å². The monoisotopic (exact) mass is 337 g/mol. The van der Waals surface area contributed by atoms with Crippen molar-refractivity contribution in [2.24, 2.45) is 0 Å². The first-order valence-electron chi connectivity index (χ1n) is 8.07. The highest BCUT2D eigenvalue weighted by Gasteiger charge is 2.12. The minimum absolute atomic E-state index is 0.00679. The first kappa shape index (κ1) is 18.0. The van der Waals surface area contributed by atoms with Gasteiger partial charge in [-0.25, -0.2) is 8.42 Å². The molecule has 1 heterocycles. The average Bonchev–Trinajstić information content (AvgIpc) is 2.87. The maximum atomic E-state index is 12.0. The Morgan fingerprint density at radius 2 is 2.04 bits per heavy atom. The highest BCUT2D eigenvalue weighted by atomic mass is 32.2. The van der Waals surface area contributed by atoms with Crippen molar-refractivity contribution in [3.8, 4) is 0 Å². The number of aromatic amines is 1. The number of benzene rings is 1. The van der Waals surface area contributed by atoms with Crippen LogP contribution < -0.4 is 5.32 Å². The smallest absolute Gasteiger partial charge is 0.167 e. The molecule has 0 fully saturated rings. The summed E-state index contributed by atoms with van der Waals surface area (Å²) < 4.78 is 23.9. The predicted molar refractivity (Wildman–Crippen MR) is 96.3 cm³/mol. The van der Waals surface area contributed by atoms with Gasteiger partial charge in [0.25, 0.3) is 0 Å². The van der Waals surface area contributed by atoms with Gasteiger partial charge >= 0.3 is 0 Å². The summed E-state index contributed by atoms with van der Waals surface area (Å²) in [5, 5.41) is 3.85. The lowest BCUT2D eigenvalue weighted by atomic mass is 10.1. The van der Waals surface area contributed by atoms with Crippen LogP contribution in [0.2, 0.25) is 0 Å². The number of nitrogens with one attached hydrogen (secondary N) is 2. The van der Waals surface area contributed by atoms with Gasteiger partial charge in [0.2, 0.25) is 0 Å². The highest BCUT2D eigenvalue weighted by Crippen LogP contribution is 2.21. The summed E-state index contributed by atoms with van der Waals surface area (Å²) in [5.41, 5.74) is 3.15. The fraction of sp³-hybridized carbons (Fsp3) is 0.529. The second-order valence-electron chi connectivity index (χ2n) is 6.13. The molecule has 0 aliphatic carbocycles. The normalized spacial score (nSPS) is 12.3. The number of rotatable bonds is 9. The second-order valence-corrected chi connectivity index (χ2v) is 8.20. The predicted octanol–water partition coefficient (Wildman–Crippen LogP) is 2.14. The van der Waals surface area contributed by atoms with Crippen LogP contribution in [0.4, 0.5) is 0 Å². The van der Waals surface area contributed by atoms with Gasteiger partial charge in [-0.2, -0.15) is 0 Å². The number of nitrogens with zero attached hydrogens (tertiary/aromatic N) is 1. The Morgan fingerprint density at radius 3 is 2.74 bits per heavy atom. The molecule has 0 aliphatic heterocycles. The molecule has 128 valence electrons. The molecule has 0 radical (unpaired) electrons. The molecule has 0 saturated heterocycles. The number of hydrogen-bond donors (Lipinski definition) is 2. The molecule has 0 spiro atoms. The van der Waals surface area contributed by atoms with Gasteiger partial charge in [0.1, 0.15) is 0 Å². The van der Waals surface area contributed by atoms with E-state index < -0.39 is 9.84 Å². The van der Waals surface area contributed by atoms with Crippen LogP contribution >= 0.6 is 0 Å². The number of fused-ring (bicyclic) bond motifs is 1. The maximum Gasteiger partial charge on any atom is 0.167 e. The quantitative estimate of drug-likeness (QED) is 0.736. The topological polar surface area (TPSA) is 65.2 Å². The minimum Gasteiger partial charge on any atom is -0.361 e. The number of H-pyrrole nitrogens is 1. The van der Waals surface area contributed by atoms with Crippen molar-refractivity contribution in [3.05, 3.63) is 35.5 Å². The van der Waals surface area contributed by atoms with Crippen molar-refractivity contribution >= 4 is 20.7 Å². The van der Waals surface area contributed by atoms with Crippen LogP contribution in [-0.2, 0) is 22.0 Å². The molecule has 0 atom stereocenters. The first-order valence-corrected chi connectivity index (χ1v) is 9.89. The van der Waals surface area contributed by atoms with Crippen molar-refractivity contribution in [1.29, 1.82) is 0 Å². The van der Waals surface area contributed by atoms with E-state index in [1.807, 2.05) is 24.4 Å². The van der Waals surface area contributed by atoms with Gasteiger partial charge in [-0.3, -0.25) is 0 Å². The molecular weight excluding hydrogens is 310 g/mol. The zero-order valence-electron chi connectivity index (χ0n) is 14.2. The zero-order chi connectivity index (χ0) is 16.9. The fourth-order valence-electron chi connectivity index (χ4n) is 2.85. The van der Waals surface area contributed by atoms with Crippen LogP contribution in [0.25, 0.3) is 10.9 Å². The third kappa shape index (κ3) is 5.06. The largest absolute Gasteiger partial charge is 0.361 e. The Hall–Kier alpha value is -1.37. The molecule has 2 N–H and O–H groups in total. The van der Waals surface area contributed by atoms with Gasteiger partial charge < -0.3 is 15.2 Å². The summed E-state index contributed by atoms with van der Waals surface area (Å²) in [6.45, 7) is 4.28. The van der Waals surface area contributed by atoms with Crippen molar-refractivity contribution in [2.75, 3.05) is 33.1 Å². The average molecular weight is 337 g/mol. The number of sulfone groups is 1. The SMILES string of the molecule is CCCN(C)CCc1c[nH]c2ccc(CS(=O)(=O)CNC)cc12. The lowest BCUT2D eigenvalue weighted by Gasteiger charge is -2.14. The third-order valence-electron chi connectivity index (χ3n) is 3.95. The number of likely N-dealkylation sites (N-methyl/N-ethyl adjacent to an activating group) is 1. The Labute approximate surface area is 139 Å². The Morgan fingerprint density at radius 1 is 1.26 bits per heavy atom.